The molecule has 3 rings (SSSR count). The lowest BCUT2D eigenvalue weighted by Gasteiger charge is -2.31. The summed E-state index contributed by atoms with van der Waals surface area (Å²) in [6.07, 6.45) is 0. The molecule has 8 nitrogen and oxygen atoms in total. The molecule has 0 aliphatic carbocycles. The maximum absolute atomic E-state index is 11.7. The van der Waals surface area contributed by atoms with Crippen molar-refractivity contribution in [3.63, 3.8) is 0 Å². The Kier molecular flexibility index (Phi) is 4.92. The first-order valence-corrected chi connectivity index (χ1v) is 7.95. The van der Waals surface area contributed by atoms with E-state index in [1.807, 2.05) is 4.90 Å². The van der Waals surface area contributed by atoms with Gasteiger partial charge in [0.1, 0.15) is 18.1 Å². The number of benzene rings is 2. The Hall–Kier alpha value is -3.29. The Balaban J connectivity index is 1.92. The van der Waals surface area contributed by atoms with Gasteiger partial charge in [-0.15, -0.1) is 0 Å². The fraction of sp³-hybridized carbons (Fsp3) is 0.278. The SMILES string of the molecule is COC(=O)c1ccc(CN2CCOc3ccc([N+](=O)[O-])cc32)c(OC)c1. The second kappa shape index (κ2) is 7.30. The van der Waals surface area contributed by atoms with E-state index < -0.39 is 10.9 Å². The summed E-state index contributed by atoms with van der Waals surface area (Å²) in [7, 11) is 2.85. The summed E-state index contributed by atoms with van der Waals surface area (Å²) in [6, 6.07) is 9.61. The van der Waals surface area contributed by atoms with Crippen molar-refractivity contribution in [2.45, 2.75) is 6.54 Å². The van der Waals surface area contributed by atoms with E-state index in [-0.39, 0.29) is 5.69 Å². The van der Waals surface area contributed by atoms with Crippen LogP contribution in [0.1, 0.15) is 15.9 Å². The molecular formula is C18H18N2O6. The Morgan fingerprint density at radius 1 is 1.27 bits per heavy atom. The fourth-order valence-electron chi connectivity index (χ4n) is 2.86. The van der Waals surface area contributed by atoms with Crippen molar-refractivity contribution in [1.82, 2.24) is 0 Å². The minimum absolute atomic E-state index is 0.00672. The van der Waals surface area contributed by atoms with E-state index in [0.717, 1.165) is 5.56 Å². The van der Waals surface area contributed by atoms with E-state index in [9.17, 15) is 14.9 Å². The van der Waals surface area contributed by atoms with Gasteiger partial charge in [0, 0.05) is 24.2 Å². The van der Waals surface area contributed by atoms with Gasteiger partial charge in [-0.05, 0) is 18.2 Å². The highest BCUT2D eigenvalue weighted by atomic mass is 16.6. The van der Waals surface area contributed by atoms with Crippen LogP contribution in [0.4, 0.5) is 11.4 Å². The summed E-state index contributed by atoms with van der Waals surface area (Å²) in [5.41, 5.74) is 1.91. The third-order valence-electron chi connectivity index (χ3n) is 4.18. The van der Waals surface area contributed by atoms with E-state index in [0.29, 0.717) is 42.4 Å². The molecule has 0 N–H and O–H groups in total. The number of anilines is 1. The zero-order chi connectivity index (χ0) is 18.7. The molecule has 0 bridgehead atoms. The van der Waals surface area contributed by atoms with Crippen LogP contribution in [0.15, 0.2) is 36.4 Å². The van der Waals surface area contributed by atoms with E-state index in [1.165, 1.54) is 26.4 Å². The number of carbonyl (C=O) groups excluding carboxylic acids is 1. The summed E-state index contributed by atoms with van der Waals surface area (Å²) >= 11 is 0. The van der Waals surface area contributed by atoms with Crippen molar-refractivity contribution in [3.05, 3.63) is 57.6 Å². The summed E-state index contributed by atoms with van der Waals surface area (Å²) in [6.45, 7) is 1.52. The zero-order valence-electron chi connectivity index (χ0n) is 14.4. The highest BCUT2D eigenvalue weighted by Gasteiger charge is 2.23. The van der Waals surface area contributed by atoms with Crippen LogP contribution < -0.4 is 14.4 Å². The molecule has 136 valence electrons. The third-order valence-corrected chi connectivity index (χ3v) is 4.18. The molecule has 0 unspecified atom stereocenters. The van der Waals surface area contributed by atoms with Crippen molar-refractivity contribution in [2.75, 3.05) is 32.3 Å². The molecule has 0 saturated heterocycles. The summed E-state index contributed by atoms with van der Waals surface area (Å²) in [5, 5.41) is 11.1. The normalized spacial score (nSPS) is 12.8. The number of non-ortho nitro benzene ring substituents is 1. The van der Waals surface area contributed by atoms with Gasteiger partial charge in [-0.2, -0.15) is 0 Å². The van der Waals surface area contributed by atoms with Crippen LogP contribution in [0.25, 0.3) is 0 Å². The van der Waals surface area contributed by atoms with Crippen molar-refractivity contribution in [1.29, 1.82) is 0 Å². The molecule has 0 spiro atoms. The molecular weight excluding hydrogens is 340 g/mol. The average Bonchev–Trinajstić information content (AvgIpc) is 2.67. The molecule has 0 radical (unpaired) electrons. The summed E-state index contributed by atoms with van der Waals surface area (Å²) < 4.78 is 15.7. The van der Waals surface area contributed by atoms with E-state index >= 15 is 0 Å². The van der Waals surface area contributed by atoms with Crippen LogP contribution in [0.5, 0.6) is 11.5 Å². The highest BCUT2D eigenvalue weighted by molar-refractivity contribution is 5.90. The maximum atomic E-state index is 11.7. The van der Waals surface area contributed by atoms with Gasteiger partial charge in [0.05, 0.1) is 36.9 Å². The number of rotatable bonds is 5. The number of ether oxygens (including phenoxy) is 3. The predicted molar refractivity (Wildman–Crippen MR) is 94.0 cm³/mol. The smallest absolute Gasteiger partial charge is 0.337 e. The Labute approximate surface area is 150 Å². The standard InChI is InChI=1S/C18H18N2O6/c1-24-17-9-12(18(21)25-2)3-4-13(17)11-19-7-8-26-16-6-5-14(20(22)23)10-15(16)19/h3-6,9-10H,7-8,11H2,1-2H3. The Morgan fingerprint density at radius 2 is 2.08 bits per heavy atom. The number of hydrogen-bond acceptors (Lipinski definition) is 7. The molecule has 1 heterocycles. The minimum atomic E-state index is -0.442. The first-order chi connectivity index (χ1) is 12.5. The van der Waals surface area contributed by atoms with Gasteiger partial charge in [-0.25, -0.2) is 4.79 Å². The first-order valence-electron chi connectivity index (χ1n) is 7.95. The predicted octanol–water partition coefficient (Wildman–Crippen LogP) is 2.79. The molecule has 2 aromatic carbocycles. The van der Waals surface area contributed by atoms with Crippen LogP contribution in [-0.4, -0.2) is 38.3 Å². The Morgan fingerprint density at radius 3 is 2.77 bits per heavy atom. The van der Waals surface area contributed by atoms with Crippen LogP contribution in [0.3, 0.4) is 0 Å². The molecule has 26 heavy (non-hydrogen) atoms. The number of nitro benzene ring substituents is 1. The number of nitrogens with zero attached hydrogens (tertiary/aromatic N) is 2. The van der Waals surface area contributed by atoms with Gasteiger partial charge >= 0.3 is 5.97 Å². The highest BCUT2D eigenvalue weighted by Crippen LogP contribution is 2.36. The molecule has 1 aliphatic heterocycles. The van der Waals surface area contributed by atoms with Gasteiger partial charge in [0.2, 0.25) is 0 Å². The number of nitro groups is 1. The second-order valence-electron chi connectivity index (χ2n) is 5.70. The van der Waals surface area contributed by atoms with Gasteiger partial charge in [-0.1, -0.05) is 6.07 Å². The molecule has 0 fully saturated rings. The first kappa shape index (κ1) is 17.5. The van der Waals surface area contributed by atoms with Crippen LogP contribution in [0.2, 0.25) is 0 Å². The van der Waals surface area contributed by atoms with Gasteiger partial charge in [0.25, 0.3) is 5.69 Å². The molecule has 0 atom stereocenters. The lowest BCUT2D eigenvalue weighted by atomic mass is 10.1. The molecule has 0 saturated carbocycles. The molecule has 8 heteroatoms. The van der Waals surface area contributed by atoms with Gasteiger partial charge < -0.3 is 19.1 Å². The quantitative estimate of drug-likeness (QED) is 0.461. The Bertz CT molecular complexity index is 852. The lowest BCUT2D eigenvalue weighted by molar-refractivity contribution is -0.384. The average molecular weight is 358 g/mol. The largest absolute Gasteiger partial charge is 0.496 e. The van der Waals surface area contributed by atoms with Crippen molar-refractivity contribution in [2.24, 2.45) is 0 Å². The topological polar surface area (TPSA) is 91.1 Å². The number of esters is 1. The molecule has 0 aromatic heterocycles. The minimum Gasteiger partial charge on any atom is -0.496 e. The molecule has 2 aromatic rings. The fourth-order valence-corrected chi connectivity index (χ4v) is 2.86. The zero-order valence-corrected chi connectivity index (χ0v) is 14.4. The maximum Gasteiger partial charge on any atom is 0.337 e. The van der Waals surface area contributed by atoms with E-state index in [4.69, 9.17) is 14.2 Å². The second-order valence-corrected chi connectivity index (χ2v) is 5.70. The van der Waals surface area contributed by atoms with Crippen molar-refractivity contribution in [3.8, 4) is 11.5 Å². The van der Waals surface area contributed by atoms with Crippen molar-refractivity contribution < 1.29 is 23.9 Å². The van der Waals surface area contributed by atoms with Crippen LogP contribution in [0, 0.1) is 10.1 Å². The third kappa shape index (κ3) is 3.39. The molecule has 1 aliphatic rings. The van der Waals surface area contributed by atoms with Gasteiger partial charge in [0.15, 0.2) is 0 Å². The number of fused-ring (bicyclic) bond motifs is 1. The number of carbonyl (C=O) groups is 1. The monoisotopic (exact) mass is 358 g/mol. The van der Waals surface area contributed by atoms with Crippen LogP contribution in [-0.2, 0) is 11.3 Å². The summed E-state index contributed by atoms with van der Waals surface area (Å²) in [5.74, 6) is 0.709. The van der Waals surface area contributed by atoms with E-state index in [1.54, 1.807) is 24.3 Å². The van der Waals surface area contributed by atoms with E-state index in [2.05, 4.69) is 0 Å². The number of hydrogen-bond donors (Lipinski definition) is 0. The molecule has 0 amide bonds. The van der Waals surface area contributed by atoms with Crippen molar-refractivity contribution >= 4 is 17.3 Å². The number of methoxy groups -OCH3 is 2. The lowest BCUT2D eigenvalue weighted by Crippen LogP contribution is -2.32. The summed E-state index contributed by atoms with van der Waals surface area (Å²) in [4.78, 5) is 24.3. The van der Waals surface area contributed by atoms with Crippen LogP contribution >= 0.6 is 0 Å². The van der Waals surface area contributed by atoms with Gasteiger partial charge in [-0.3, -0.25) is 10.1 Å².